The molecular formula is C24H18N3OP. The van der Waals surface area contributed by atoms with Crippen molar-refractivity contribution in [3.05, 3.63) is 91.0 Å². The van der Waals surface area contributed by atoms with Crippen molar-refractivity contribution in [2.75, 3.05) is 0 Å². The van der Waals surface area contributed by atoms with E-state index < -0.39 is 7.14 Å². The van der Waals surface area contributed by atoms with E-state index in [1.807, 2.05) is 91.0 Å². The summed E-state index contributed by atoms with van der Waals surface area (Å²) in [5.41, 5.74) is 5.10. The Balaban J connectivity index is 1.67. The fourth-order valence-electron chi connectivity index (χ4n) is 4.07. The summed E-state index contributed by atoms with van der Waals surface area (Å²) < 4.78 is 14.8. The van der Waals surface area contributed by atoms with Crippen molar-refractivity contribution in [1.29, 1.82) is 0 Å². The summed E-state index contributed by atoms with van der Waals surface area (Å²) >= 11 is 0. The van der Waals surface area contributed by atoms with Crippen LogP contribution in [0.15, 0.2) is 91.0 Å². The lowest BCUT2D eigenvalue weighted by atomic mass is 10.3. The molecule has 0 aliphatic heterocycles. The maximum Gasteiger partial charge on any atom is 0.217 e. The number of H-pyrrole nitrogens is 3. The summed E-state index contributed by atoms with van der Waals surface area (Å²) in [6.45, 7) is 0. The van der Waals surface area contributed by atoms with Gasteiger partial charge >= 0.3 is 0 Å². The van der Waals surface area contributed by atoms with Crippen molar-refractivity contribution in [2.45, 2.75) is 0 Å². The molecule has 5 heteroatoms. The quantitative estimate of drug-likeness (QED) is 0.371. The van der Waals surface area contributed by atoms with Crippen molar-refractivity contribution in [3.8, 4) is 0 Å². The SMILES string of the molecule is O=P(c1cc2ccccc2[nH]1)(c1cc2ccccc2[nH]1)c1cc2ccccc2[nH]1. The van der Waals surface area contributed by atoms with Gasteiger partial charge in [0.1, 0.15) is 0 Å². The van der Waals surface area contributed by atoms with E-state index in [-0.39, 0.29) is 0 Å². The van der Waals surface area contributed by atoms with Crippen molar-refractivity contribution in [2.24, 2.45) is 0 Å². The van der Waals surface area contributed by atoms with Crippen LogP contribution < -0.4 is 16.3 Å². The van der Waals surface area contributed by atoms with E-state index in [4.69, 9.17) is 0 Å². The lowest BCUT2D eigenvalue weighted by Crippen LogP contribution is -2.27. The molecule has 0 saturated heterocycles. The van der Waals surface area contributed by atoms with E-state index >= 15 is 0 Å². The molecule has 0 saturated carbocycles. The molecule has 140 valence electrons. The van der Waals surface area contributed by atoms with Crippen LogP contribution in [0, 0.1) is 0 Å². The number of rotatable bonds is 3. The Labute approximate surface area is 167 Å². The molecule has 3 heterocycles. The summed E-state index contributed by atoms with van der Waals surface area (Å²) in [4.78, 5) is 10.3. The third kappa shape index (κ3) is 2.43. The third-order valence-corrected chi connectivity index (χ3v) is 8.32. The summed E-state index contributed by atoms with van der Waals surface area (Å²) in [5, 5.41) is 3.15. The normalized spacial score (nSPS) is 12.3. The first-order chi connectivity index (χ1) is 14.2. The average Bonchev–Trinajstić information content (AvgIpc) is 3.48. The molecule has 0 bridgehead atoms. The topological polar surface area (TPSA) is 64.4 Å². The molecule has 0 amide bonds. The molecule has 4 nitrogen and oxygen atoms in total. The molecule has 3 aromatic carbocycles. The van der Waals surface area contributed by atoms with E-state index in [2.05, 4.69) is 15.0 Å². The Morgan fingerprint density at radius 3 is 1.10 bits per heavy atom. The average molecular weight is 395 g/mol. The van der Waals surface area contributed by atoms with E-state index in [0.29, 0.717) is 0 Å². The predicted octanol–water partition coefficient (Wildman–Crippen LogP) is 4.77. The van der Waals surface area contributed by atoms with Crippen molar-refractivity contribution in [1.82, 2.24) is 15.0 Å². The van der Waals surface area contributed by atoms with E-state index in [1.54, 1.807) is 0 Å². The standard InChI is InChI=1S/C24H18N3OP/c28-29(22-13-16-7-1-4-10-19(16)25-22,23-14-17-8-2-5-11-20(17)26-23)24-15-18-9-3-6-12-21(18)27-24/h1-15,25-27H. The fourth-order valence-corrected chi connectivity index (χ4v) is 6.65. The van der Waals surface area contributed by atoms with Crippen LogP contribution in [-0.4, -0.2) is 15.0 Å². The minimum Gasteiger partial charge on any atom is -0.352 e. The van der Waals surface area contributed by atoms with Crippen molar-refractivity contribution < 1.29 is 4.57 Å². The van der Waals surface area contributed by atoms with Crippen LogP contribution in [0.3, 0.4) is 0 Å². The number of hydrogen-bond acceptors (Lipinski definition) is 1. The van der Waals surface area contributed by atoms with Crippen LogP contribution in [0.2, 0.25) is 0 Å². The van der Waals surface area contributed by atoms with Crippen LogP contribution in [0.1, 0.15) is 0 Å². The largest absolute Gasteiger partial charge is 0.352 e. The van der Waals surface area contributed by atoms with Gasteiger partial charge in [0.2, 0.25) is 7.14 Å². The summed E-state index contributed by atoms with van der Waals surface area (Å²) in [7, 11) is -3.16. The van der Waals surface area contributed by atoms with E-state index in [0.717, 1.165) is 49.0 Å². The molecule has 0 atom stereocenters. The van der Waals surface area contributed by atoms with Gasteiger partial charge in [-0.3, -0.25) is 0 Å². The summed E-state index contributed by atoms with van der Waals surface area (Å²) in [6, 6.07) is 30.1. The number of hydrogen-bond donors (Lipinski definition) is 3. The highest BCUT2D eigenvalue weighted by molar-refractivity contribution is 7.84. The molecule has 0 unspecified atom stereocenters. The van der Waals surface area contributed by atoms with Gasteiger partial charge in [0, 0.05) is 32.7 Å². The molecule has 0 aliphatic rings. The first kappa shape index (κ1) is 16.5. The molecule has 0 radical (unpaired) electrons. The first-order valence-electron chi connectivity index (χ1n) is 9.57. The maximum atomic E-state index is 14.8. The number of aromatic amines is 3. The lowest BCUT2D eigenvalue weighted by molar-refractivity contribution is 0.591. The first-order valence-corrected chi connectivity index (χ1v) is 11.3. The Morgan fingerprint density at radius 1 is 0.483 bits per heavy atom. The molecule has 0 fully saturated rings. The molecule has 3 aromatic heterocycles. The molecular weight excluding hydrogens is 377 g/mol. The number of para-hydroxylation sites is 3. The van der Waals surface area contributed by atoms with Gasteiger partial charge in [-0.1, -0.05) is 54.6 Å². The molecule has 3 N–H and O–H groups in total. The lowest BCUT2D eigenvalue weighted by Gasteiger charge is -2.14. The van der Waals surface area contributed by atoms with Crippen LogP contribution >= 0.6 is 7.14 Å². The molecule has 6 aromatic rings. The zero-order valence-electron chi connectivity index (χ0n) is 15.5. The monoisotopic (exact) mass is 395 g/mol. The highest BCUT2D eigenvalue weighted by Crippen LogP contribution is 2.43. The smallest absolute Gasteiger partial charge is 0.217 e. The van der Waals surface area contributed by atoms with Gasteiger partial charge in [-0.05, 0) is 36.4 Å². The van der Waals surface area contributed by atoms with Gasteiger partial charge in [0.25, 0.3) is 0 Å². The minimum atomic E-state index is -3.16. The third-order valence-electron chi connectivity index (χ3n) is 5.57. The second-order valence-corrected chi connectivity index (χ2v) is 10.00. The Bertz CT molecular complexity index is 1270. The van der Waals surface area contributed by atoms with Crippen LogP contribution in [-0.2, 0) is 4.57 Å². The fraction of sp³-hybridized carbons (Fsp3) is 0. The Morgan fingerprint density at radius 2 is 0.793 bits per heavy atom. The number of fused-ring (bicyclic) bond motifs is 3. The van der Waals surface area contributed by atoms with Gasteiger partial charge in [-0.25, -0.2) is 0 Å². The zero-order chi connectivity index (χ0) is 19.4. The molecule has 29 heavy (non-hydrogen) atoms. The molecule has 6 rings (SSSR count). The van der Waals surface area contributed by atoms with Gasteiger partial charge in [0.05, 0.1) is 16.3 Å². The highest BCUT2D eigenvalue weighted by atomic mass is 31.2. The van der Waals surface area contributed by atoms with Crippen LogP contribution in [0.5, 0.6) is 0 Å². The van der Waals surface area contributed by atoms with Crippen molar-refractivity contribution >= 4 is 56.2 Å². The minimum absolute atomic E-state index is 0.719. The van der Waals surface area contributed by atoms with E-state index in [1.165, 1.54) is 0 Å². The van der Waals surface area contributed by atoms with Crippen molar-refractivity contribution in [3.63, 3.8) is 0 Å². The number of benzene rings is 3. The van der Waals surface area contributed by atoms with Gasteiger partial charge < -0.3 is 19.5 Å². The van der Waals surface area contributed by atoms with E-state index in [9.17, 15) is 4.57 Å². The zero-order valence-corrected chi connectivity index (χ0v) is 16.4. The number of nitrogens with one attached hydrogen (secondary N) is 3. The maximum absolute atomic E-state index is 14.8. The Kier molecular flexibility index (Phi) is 3.41. The molecule has 0 spiro atoms. The Hall–Kier alpha value is -3.49. The predicted molar refractivity (Wildman–Crippen MR) is 121 cm³/mol. The summed E-state index contributed by atoms with van der Waals surface area (Å²) in [5.74, 6) is 0. The number of aromatic nitrogens is 3. The highest BCUT2D eigenvalue weighted by Gasteiger charge is 2.35. The summed E-state index contributed by atoms with van der Waals surface area (Å²) in [6.07, 6.45) is 0. The van der Waals surface area contributed by atoms with Gasteiger partial charge in [-0.15, -0.1) is 0 Å². The van der Waals surface area contributed by atoms with Crippen LogP contribution in [0.25, 0.3) is 32.7 Å². The second-order valence-electron chi connectivity index (χ2n) is 7.33. The van der Waals surface area contributed by atoms with Gasteiger partial charge in [-0.2, -0.15) is 0 Å². The van der Waals surface area contributed by atoms with Crippen LogP contribution in [0.4, 0.5) is 0 Å². The second kappa shape index (κ2) is 6.00. The molecule has 0 aliphatic carbocycles. The van der Waals surface area contributed by atoms with Gasteiger partial charge in [0.15, 0.2) is 0 Å².